The molecule has 5 nitrogen and oxygen atoms in total. The van der Waals surface area contributed by atoms with Gasteiger partial charge in [-0.3, -0.25) is 5.41 Å². The van der Waals surface area contributed by atoms with Crippen molar-refractivity contribution in [2.24, 2.45) is 5.73 Å². The summed E-state index contributed by atoms with van der Waals surface area (Å²) < 4.78 is 10.7. The quantitative estimate of drug-likeness (QED) is 0.583. The van der Waals surface area contributed by atoms with E-state index >= 15 is 0 Å². The minimum absolute atomic E-state index is 0.0137. The molecule has 1 aliphatic heterocycles. The monoisotopic (exact) mass is 221 g/mol. The zero-order valence-electron chi connectivity index (χ0n) is 9.41. The number of ether oxygens (including phenoxy) is 2. The van der Waals surface area contributed by atoms with Gasteiger partial charge in [0.25, 0.3) is 0 Å². The molecule has 2 rings (SSSR count). The fourth-order valence-corrected chi connectivity index (χ4v) is 1.66. The summed E-state index contributed by atoms with van der Waals surface area (Å²) in [7, 11) is 0. The predicted molar refractivity (Wildman–Crippen MR) is 60.0 cm³/mol. The lowest BCUT2D eigenvalue weighted by Crippen LogP contribution is -2.39. The molecular formula is C11H15N3O2. The number of aryl methyl sites for hydroxylation is 2. The highest BCUT2D eigenvalue weighted by Gasteiger charge is 2.23. The van der Waals surface area contributed by atoms with E-state index in [4.69, 9.17) is 20.6 Å². The van der Waals surface area contributed by atoms with Crippen molar-refractivity contribution in [1.82, 2.24) is 4.98 Å². The average molecular weight is 221 g/mol. The van der Waals surface area contributed by atoms with Crippen LogP contribution in [0.2, 0.25) is 0 Å². The van der Waals surface area contributed by atoms with Gasteiger partial charge < -0.3 is 15.2 Å². The summed E-state index contributed by atoms with van der Waals surface area (Å²) in [6.07, 6.45) is 0.0341. The second-order valence-electron chi connectivity index (χ2n) is 3.95. The van der Waals surface area contributed by atoms with Gasteiger partial charge in [-0.2, -0.15) is 0 Å². The molecule has 0 spiro atoms. The number of nitrogens with one attached hydrogen (secondary N) is 1. The van der Waals surface area contributed by atoms with E-state index in [1.54, 1.807) is 0 Å². The Morgan fingerprint density at radius 1 is 1.56 bits per heavy atom. The maximum Gasteiger partial charge on any atom is 0.225 e. The largest absolute Gasteiger partial charge is 0.469 e. The first kappa shape index (κ1) is 10.9. The highest BCUT2D eigenvalue weighted by molar-refractivity contribution is 5.98. The van der Waals surface area contributed by atoms with Crippen LogP contribution in [0.5, 0.6) is 5.88 Å². The Balaban J connectivity index is 2.35. The van der Waals surface area contributed by atoms with E-state index in [0.717, 1.165) is 11.3 Å². The van der Waals surface area contributed by atoms with Crippen LogP contribution < -0.4 is 10.5 Å². The van der Waals surface area contributed by atoms with Gasteiger partial charge in [-0.05, 0) is 25.5 Å². The van der Waals surface area contributed by atoms with Crippen molar-refractivity contribution >= 4 is 5.84 Å². The van der Waals surface area contributed by atoms with Crippen LogP contribution in [0.15, 0.2) is 6.07 Å². The summed E-state index contributed by atoms with van der Waals surface area (Å²) in [5.41, 5.74) is 7.89. The summed E-state index contributed by atoms with van der Waals surface area (Å²) in [4.78, 5) is 4.28. The first-order chi connectivity index (χ1) is 7.58. The van der Waals surface area contributed by atoms with Gasteiger partial charge in [-0.15, -0.1) is 0 Å². The number of hydrogen-bond donors (Lipinski definition) is 2. The maximum absolute atomic E-state index is 7.53. The zero-order chi connectivity index (χ0) is 11.7. The molecule has 2 heterocycles. The topological polar surface area (TPSA) is 81.2 Å². The molecule has 5 heteroatoms. The molecule has 0 bridgehead atoms. The Hall–Kier alpha value is -1.62. The molecule has 1 saturated heterocycles. The molecule has 0 amide bonds. The molecule has 1 aromatic heterocycles. The Labute approximate surface area is 94.1 Å². The van der Waals surface area contributed by atoms with Crippen LogP contribution in [0.25, 0.3) is 0 Å². The molecule has 0 atom stereocenters. The van der Waals surface area contributed by atoms with Crippen LogP contribution in [-0.2, 0) is 4.74 Å². The Bertz CT molecular complexity index is 427. The van der Waals surface area contributed by atoms with E-state index < -0.39 is 0 Å². The fourth-order valence-electron chi connectivity index (χ4n) is 1.66. The highest BCUT2D eigenvalue weighted by atomic mass is 16.6. The van der Waals surface area contributed by atoms with Crippen molar-refractivity contribution in [3.63, 3.8) is 0 Å². The highest BCUT2D eigenvalue weighted by Crippen LogP contribution is 2.22. The third kappa shape index (κ3) is 1.99. The van der Waals surface area contributed by atoms with Crippen LogP contribution in [0.3, 0.4) is 0 Å². The summed E-state index contributed by atoms with van der Waals surface area (Å²) in [5, 5.41) is 7.53. The van der Waals surface area contributed by atoms with E-state index in [1.165, 1.54) is 0 Å². The summed E-state index contributed by atoms with van der Waals surface area (Å²) in [6.45, 7) is 4.94. The van der Waals surface area contributed by atoms with Crippen LogP contribution in [0.4, 0.5) is 0 Å². The number of aromatic nitrogens is 1. The summed E-state index contributed by atoms with van der Waals surface area (Å²) in [5.74, 6) is 0.429. The molecule has 1 aromatic rings. The van der Waals surface area contributed by atoms with Crippen LogP contribution in [0, 0.1) is 19.3 Å². The third-order valence-corrected chi connectivity index (χ3v) is 2.47. The van der Waals surface area contributed by atoms with Gasteiger partial charge in [0.2, 0.25) is 5.88 Å². The number of rotatable bonds is 3. The maximum atomic E-state index is 7.53. The van der Waals surface area contributed by atoms with Crippen molar-refractivity contribution < 1.29 is 9.47 Å². The number of amidine groups is 1. The molecule has 0 aliphatic carbocycles. The molecule has 86 valence electrons. The first-order valence-electron chi connectivity index (χ1n) is 5.15. The molecular weight excluding hydrogens is 206 g/mol. The van der Waals surface area contributed by atoms with E-state index in [-0.39, 0.29) is 11.9 Å². The van der Waals surface area contributed by atoms with Gasteiger partial charge in [0.15, 0.2) is 0 Å². The zero-order valence-corrected chi connectivity index (χ0v) is 9.41. The number of pyridine rings is 1. The molecule has 0 aromatic carbocycles. The van der Waals surface area contributed by atoms with Gasteiger partial charge in [0.05, 0.1) is 18.8 Å². The minimum atomic E-state index is -0.0137. The molecule has 1 aliphatic rings. The lowest BCUT2D eigenvalue weighted by atomic mass is 10.1. The van der Waals surface area contributed by atoms with Gasteiger partial charge in [0, 0.05) is 5.69 Å². The molecule has 1 fully saturated rings. The van der Waals surface area contributed by atoms with Gasteiger partial charge in [-0.25, -0.2) is 4.98 Å². The van der Waals surface area contributed by atoms with Gasteiger partial charge >= 0.3 is 0 Å². The number of nitrogens with zero attached hydrogens (tertiary/aromatic N) is 1. The normalized spacial score (nSPS) is 15.6. The van der Waals surface area contributed by atoms with Crippen molar-refractivity contribution in [2.75, 3.05) is 13.2 Å². The van der Waals surface area contributed by atoms with Crippen molar-refractivity contribution in [3.8, 4) is 5.88 Å². The standard InChI is InChI=1S/C11H15N3O2/c1-6-3-7(2)14-11(9(6)10(12)13)16-8-4-15-5-8/h3,8H,4-5H2,1-2H3,(H3,12,13). The predicted octanol–water partition coefficient (Wildman–Crippen LogP) is 0.760. The number of nitrogens with two attached hydrogens (primary N) is 1. The van der Waals surface area contributed by atoms with Gasteiger partial charge in [0.1, 0.15) is 11.9 Å². The summed E-state index contributed by atoms with van der Waals surface area (Å²) in [6, 6.07) is 1.89. The van der Waals surface area contributed by atoms with Crippen LogP contribution in [0.1, 0.15) is 16.8 Å². The Morgan fingerprint density at radius 3 is 2.75 bits per heavy atom. The molecule has 0 unspecified atom stereocenters. The summed E-state index contributed by atoms with van der Waals surface area (Å²) >= 11 is 0. The van der Waals surface area contributed by atoms with E-state index in [2.05, 4.69) is 4.98 Å². The lowest BCUT2D eigenvalue weighted by Gasteiger charge is -2.27. The SMILES string of the molecule is Cc1cc(C)c(C(=N)N)c(OC2COC2)n1. The minimum Gasteiger partial charge on any atom is -0.469 e. The van der Waals surface area contributed by atoms with E-state index in [1.807, 2.05) is 19.9 Å². The second-order valence-corrected chi connectivity index (χ2v) is 3.95. The fraction of sp³-hybridized carbons (Fsp3) is 0.455. The van der Waals surface area contributed by atoms with E-state index in [0.29, 0.717) is 24.7 Å². The molecule has 16 heavy (non-hydrogen) atoms. The van der Waals surface area contributed by atoms with Crippen LogP contribution in [-0.4, -0.2) is 30.1 Å². The van der Waals surface area contributed by atoms with Crippen molar-refractivity contribution in [3.05, 3.63) is 22.9 Å². The Kier molecular flexibility index (Phi) is 2.78. The van der Waals surface area contributed by atoms with Crippen LogP contribution >= 0.6 is 0 Å². The molecule has 0 saturated carbocycles. The van der Waals surface area contributed by atoms with Gasteiger partial charge in [-0.1, -0.05) is 0 Å². The van der Waals surface area contributed by atoms with Crippen molar-refractivity contribution in [1.29, 1.82) is 5.41 Å². The number of hydrogen-bond acceptors (Lipinski definition) is 4. The molecule has 0 radical (unpaired) electrons. The Morgan fingerprint density at radius 2 is 2.25 bits per heavy atom. The second kappa shape index (κ2) is 4.09. The third-order valence-electron chi connectivity index (χ3n) is 2.47. The van der Waals surface area contributed by atoms with E-state index in [9.17, 15) is 0 Å². The molecule has 3 N–H and O–H groups in total. The number of nitrogen functional groups attached to an aromatic ring is 1. The van der Waals surface area contributed by atoms with Crippen molar-refractivity contribution in [2.45, 2.75) is 20.0 Å². The first-order valence-corrected chi connectivity index (χ1v) is 5.15. The smallest absolute Gasteiger partial charge is 0.225 e. The lowest BCUT2D eigenvalue weighted by molar-refractivity contribution is -0.0814. The average Bonchev–Trinajstić information content (AvgIpc) is 2.09.